The van der Waals surface area contributed by atoms with Crippen molar-refractivity contribution >= 4 is 35.6 Å². The monoisotopic (exact) mass is 321 g/mol. The zero-order valence-corrected chi connectivity index (χ0v) is 14.0. The standard InChI is InChI=1S/C8H14NS.3CH3.Sn/c1-8(2,3)7(10)9-5-4-6-9;;;;/h5H,4,6H2,1-3H3;3*1H3;. The summed E-state index contributed by atoms with van der Waals surface area (Å²) < 4.78 is 0.857. The van der Waals surface area contributed by atoms with Crippen molar-refractivity contribution in [3.63, 3.8) is 0 Å². The number of nitrogens with zero attached hydrogens (tertiary/aromatic N) is 1. The van der Waals surface area contributed by atoms with E-state index in [1.807, 2.05) is 0 Å². The summed E-state index contributed by atoms with van der Waals surface area (Å²) in [6.07, 6.45) is 1.38. The van der Waals surface area contributed by atoms with Crippen LogP contribution in [0.15, 0.2) is 0 Å². The molecule has 1 rings (SSSR count). The van der Waals surface area contributed by atoms with Gasteiger partial charge in [-0.15, -0.1) is 0 Å². The van der Waals surface area contributed by atoms with Crippen LogP contribution >= 0.6 is 12.2 Å². The summed E-state index contributed by atoms with van der Waals surface area (Å²) in [4.78, 5) is 11.2. The van der Waals surface area contributed by atoms with Crippen LogP contribution in [0.25, 0.3) is 0 Å². The van der Waals surface area contributed by atoms with Crippen molar-refractivity contribution in [1.82, 2.24) is 4.90 Å². The fourth-order valence-electron chi connectivity index (χ4n) is 1.96. The van der Waals surface area contributed by atoms with Crippen LogP contribution in [-0.4, -0.2) is 38.9 Å². The quantitative estimate of drug-likeness (QED) is 0.539. The first kappa shape index (κ1) is 12.8. The van der Waals surface area contributed by atoms with Crippen LogP contribution in [0.1, 0.15) is 27.2 Å². The molecule has 1 nitrogen and oxygen atoms in total. The molecule has 0 radical (unpaired) electrons. The first-order chi connectivity index (χ1) is 6.14. The van der Waals surface area contributed by atoms with Crippen molar-refractivity contribution in [2.45, 2.75) is 46.1 Å². The van der Waals surface area contributed by atoms with Crippen molar-refractivity contribution in [2.75, 3.05) is 6.54 Å². The summed E-state index contributed by atoms with van der Waals surface area (Å²) in [6.45, 7) is 7.88. The van der Waals surface area contributed by atoms with Gasteiger partial charge in [0.05, 0.1) is 0 Å². The molecule has 0 spiro atoms. The van der Waals surface area contributed by atoms with E-state index in [1.54, 1.807) is 0 Å². The van der Waals surface area contributed by atoms with E-state index in [1.165, 1.54) is 18.0 Å². The Morgan fingerprint density at radius 1 is 1.29 bits per heavy atom. The zero-order chi connectivity index (χ0) is 11.1. The van der Waals surface area contributed by atoms with Gasteiger partial charge < -0.3 is 0 Å². The molecule has 0 N–H and O–H groups in total. The van der Waals surface area contributed by atoms with Crippen LogP contribution < -0.4 is 0 Å². The molecule has 82 valence electrons. The van der Waals surface area contributed by atoms with Gasteiger partial charge in [-0.1, -0.05) is 0 Å². The normalized spacial score (nSPS) is 23.3. The predicted octanol–water partition coefficient (Wildman–Crippen LogP) is 3.31. The van der Waals surface area contributed by atoms with Gasteiger partial charge in [-0.3, -0.25) is 0 Å². The van der Waals surface area contributed by atoms with Gasteiger partial charge in [0.15, 0.2) is 0 Å². The summed E-state index contributed by atoms with van der Waals surface area (Å²) in [5, 5.41) is 0. The van der Waals surface area contributed by atoms with E-state index < -0.39 is 18.4 Å². The van der Waals surface area contributed by atoms with Gasteiger partial charge in [0.2, 0.25) is 0 Å². The maximum absolute atomic E-state index is 5.57. The van der Waals surface area contributed by atoms with Gasteiger partial charge in [0.1, 0.15) is 0 Å². The molecule has 1 aliphatic heterocycles. The fraction of sp³-hybridized carbons (Fsp3) is 0.909. The Hall–Kier alpha value is 0.689. The third-order valence-corrected chi connectivity index (χ3v) is 11.2. The Morgan fingerprint density at radius 2 is 1.79 bits per heavy atom. The Kier molecular flexibility index (Phi) is 3.58. The number of hydrogen-bond acceptors (Lipinski definition) is 1. The summed E-state index contributed by atoms with van der Waals surface area (Å²) in [5.41, 5.74) is 0.172. The molecule has 1 aliphatic rings. The average Bonchev–Trinajstić information content (AvgIpc) is 1.77. The second-order valence-electron chi connectivity index (χ2n) is 6.42. The molecule has 0 saturated carbocycles. The Morgan fingerprint density at radius 3 is 2.00 bits per heavy atom. The Labute approximate surface area is 98.1 Å². The van der Waals surface area contributed by atoms with Crippen LogP contribution in [0.4, 0.5) is 0 Å². The maximum atomic E-state index is 5.57. The van der Waals surface area contributed by atoms with Gasteiger partial charge in [-0.25, -0.2) is 0 Å². The van der Waals surface area contributed by atoms with E-state index in [4.69, 9.17) is 12.2 Å². The first-order valence-electron chi connectivity index (χ1n) is 5.45. The summed E-state index contributed by atoms with van der Waals surface area (Å²) in [7, 11) is 0. The molecule has 0 aromatic rings. The van der Waals surface area contributed by atoms with Crippen LogP contribution in [0.3, 0.4) is 0 Å². The van der Waals surface area contributed by atoms with Crippen LogP contribution in [0.5, 0.6) is 0 Å². The summed E-state index contributed by atoms with van der Waals surface area (Å²) in [6, 6.07) is 0. The van der Waals surface area contributed by atoms with Crippen molar-refractivity contribution < 1.29 is 0 Å². The molecular weight excluding hydrogens is 297 g/mol. The molecule has 1 heterocycles. The van der Waals surface area contributed by atoms with Gasteiger partial charge >= 0.3 is 98.5 Å². The number of thiocarbonyl (C=S) groups is 1. The molecule has 1 unspecified atom stereocenters. The molecule has 0 aromatic carbocycles. The Bertz CT molecular complexity index is 237. The second kappa shape index (κ2) is 3.93. The topological polar surface area (TPSA) is 3.24 Å². The van der Waals surface area contributed by atoms with Crippen LogP contribution in [0, 0.1) is 5.41 Å². The number of hydrogen-bond donors (Lipinski definition) is 0. The van der Waals surface area contributed by atoms with Crippen LogP contribution in [0.2, 0.25) is 14.8 Å². The molecule has 0 bridgehead atoms. The second-order valence-corrected chi connectivity index (χ2v) is 22.2. The minimum absolute atomic E-state index is 0.172. The molecule has 0 aromatic heterocycles. The molecule has 1 atom stereocenters. The molecule has 1 fully saturated rings. The molecule has 1 saturated heterocycles. The first-order valence-corrected chi connectivity index (χ1v) is 16.1. The fourth-order valence-corrected chi connectivity index (χ4v) is 8.69. The van der Waals surface area contributed by atoms with Crippen molar-refractivity contribution in [3.8, 4) is 0 Å². The van der Waals surface area contributed by atoms with E-state index in [9.17, 15) is 0 Å². The van der Waals surface area contributed by atoms with Crippen molar-refractivity contribution in [2.24, 2.45) is 5.41 Å². The van der Waals surface area contributed by atoms with E-state index in [-0.39, 0.29) is 5.41 Å². The third kappa shape index (κ3) is 2.63. The van der Waals surface area contributed by atoms with Crippen molar-refractivity contribution in [3.05, 3.63) is 0 Å². The van der Waals surface area contributed by atoms with E-state index >= 15 is 0 Å². The molecule has 0 amide bonds. The van der Waals surface area contributed by atoms with E-state index in [0.29, 0.717) is 0 Å². The van der Waals surface area contributed by atoms with Gasteiger partial charge in [0, 0.05) is 0 Å². The summed E-state index contributed by atoms with van der Waals surface area (Å²) >= 11 is 3.82. The molecule has 3 heteroatoms. The van der Waals surface area contributed by atoms with Gasteiger partial charge in [-0.2, -0.15) is 0 Å². The average molecular weight is 320 g/mol. The Balaban J connectivity index is 2.69. The number of likely N-dealkylation sites (tertiary alicyclic amines) is 1. The van der Waals surface area contributed by atoms with E-state index in [0.717, 1.165) is 4.06 Å². The zero-order valence-electron chi connectivity index (χ0n) is 10.3. The predicted molar refractivity (Wildman–Crippen MR) is 70.5 cm³/mol. The van der Waals surface area contributed by atoms with E-state index in [2.05, 4.69) is 40.5 Å². The molecule has 14 heavy (non-hydrogen) atoms. The molecular formula is C11H23NSSn. The van der Waals surface area contributed by atoms with Gasteiger partial charge in [0.25, 0.3) is 0 Å². The number of rotatable bonds is 1. The third-order valence-electron chi connectivity index (χ3n) is 2.92. The van der Waals surface area contributed by atoms with Gasteiger partial charge in [-0.05, 0) is 0 Å². The van der Waals surface area contributed by atoms with Crippen LogP contribution in [-0.2, 0) is 0 Å². The summed E-state index contributed by atoms with van der Waals surface area (Å²) in [5.74, 6) is 0. The van der Waals surface area contributed by atoms with Crippen molar-refractivity contribution in [1.29, 1.82) is 0 Å². The minimum atomic E-state index is -1.75. The SMILES string of the molecule is CC(C)(C)C(=S)N1CC[CH]1[Sn]([CH3])([CH3])[CH3]. The molecule has 0 aliphatic carbocycles.